The van der Waals surface area contributed by atoms with Gasteiger partial charge in [0.2, 0.25) is 5.91 Å². The van der Waals surface area contributed by atoms with Crippen LogP contribution in [0.15, 0.2) is 24.3 Å². The average Bonchev–Trinajstić information content (AvgIpc) is 2.59. The number of halogens is 3. The third-order valence-electron chi connectivity index (χ3n) is 3.71. The van der Waals surface area contributed by atoms with Gasteiger partial charge in [0.1, 0.15) is 18.7 Å². The van der Waals surface area contributed by atoms with Crippen molar-refractivity contribution in [2.45, 2.75) is 46.0 Å². The molecule has 0 saturated carbocycles. The molecule has 2 amide bonds. The van der Waals surface area contributed by atoms with Crippen LogP contribution in [0.5, 0.6) is 0 Å². The third-order valence-corrected chi connectivity index (χ3v) is 3.71. The molecule has 0 fully saturated rings. The van der Waals surface area contributed by atoms with E-state index in [1.807, 2.05) is 0 Å². The predicted molar refractivity (Wildman–Crippen MR) is 102 cm³/mol. The molecule has 0 aliphatic rings. The Morgan fingerprint density at radius 2 is 1.57 bits per heavy atom. The maximum Gasteiger partial charge on any atom is 0.416 e. The average molecular weight is 432 g/mol. The minimum absolute atomic E-state index is 0.110. The number of esters is 1. The van der Waals surface area contributed by atoms with Gasteiger partial charge in [0, 0.05) is 13.6 Å². The molecule has 168 valence electrons. The Labute approximate surface area is 173 Å². The Morgan fingerprint density at radius 1 is 1.00 bits per heavy atom. The van der Waals surface area contributed by atoms with Crippen LogP contribution in [-0.4, -0.2) is 60.1 Å². The first-order chi connectivity index (χ1) is 13.7. The molecule has 0 N–H and O–H groups in total. The summed E-state index contributed by atoms with van der Waals surface area (Å²) >= 11 is 0. The van der Waals surface area contributed by atoms with Crippen molar-refractivity contribution in [2.75, 3.05) is 26.7 Å². The zero-order valence-electron chi connectivity index (χ0n) is 17.7. The number of benzene rings is 1. The molecular formula is C20H27F3N2O5. The topological polar surface area (TPSA) is 76.2 Å². The van der Waals surface area contributed by atoms with Crippen LogP contribution in [0.4, 0.5) is 18.0 Å². The lowest BCUT2D eigenvalue weighted by molar-refractivity contribution is -0.149. The van der Waals surface area contributed by atoms with Crippen LogP contribution in [0.1, 0.15) is 38.8 Å². The van der Waals surface area contributed by atoms with E-state index in [2.05, 4.69) is 0 Å². The van der Waals surface area contributed by atoms with Crippen molar-refractivity contribution >= 4 is 18.0 Å². The summed E-state index contributed by atoms with van der Waals surface area (Å²) in [5.41, 5.74) is -1.18. The zero-order valence-corrected chi connectivity index (χ0v) is 17.7. The van der Waals surface area contributed by atoms with Crippen LogP contribution in [0, 0.1) is 0 Å². The second-order valence-electron chi connectivity index (χ2n) is 7.59. The molecule has 1 aromatic carbocycles. The summed E-state index contributed by atoms with van der Waals surface area (Å²) in [5, 5.41) is 0. The Balaban J connectivity index is 2.92. The monoisotopic (exact) mass is 432 g/mol. The summed E-state index contributed by atoms with van der Waals surface area (Å²) in [4.78, 5) is 38.8. The minimum Gasteiger partial charge on any atom is -0.465 e. The summed E-state index contributed by atoms with van der Waals surface area (Å²) in [5.74, 6) is -1.26. The van der Waals surface area contributed by atoms with Crippen LogP contribution in [-0.2, 0) is 31.8 Å². The lowest BCUT2D eigenvalue weighted by Crippen LogP contribution is -2.44. The molecular weight excluding hydrogens is 405 g/mol. The largest absolute Gasteiger partial charge is 0.465 e. The number of nitrogens with zero attached hydrogens (tertiary/aromatic N) is 2. The summed E-state index contributed by atoms with van der Waals surface area (Å²) in [6.07, 6.45) is -5.20. The Kier molecular flexibility index (Phi) is 8.68. The van der Waals surface area contributed by atoms with Gasteiger partial charge in [-0.3, -0.25) is 9.59 Å². The first-order valence-electron chi connectivity index (χ1n) is 9.26. The molecule has 7 nitrogen and oxygen atoms in total. The molecule has 30 heavy (non-hydrogen) atoms. The lowest BCUT2D eigenvalue weighted by Gasteiger charge is -2.27. The molecule has 0 aliphatic carbocycles. The van der Waals surface area contributed by atoms with Gasteiger partial charge in [0.25, 0.3) is 0 Å². The normalized spacial score (nSPS) is 11.6. The summed E-state index contributed by atoms with van der Waals surface area (Å²) in [7, 11) is 1.37. The van der Waals surface area contributed by atoms with Crippen LogP contribution in [0.3, 0.4) is 0 Å². The molecule has 10 heteroatoms. The number of ether oxygens (including phenoxy) is 2. The Bertz CT molecular complexity index is 742. The van der Waals surface area contributed by atoms with E-state index in [-0.39, 0.29) is 19.7 Å². The highest BCUT2D eigenvalue weighted by Crippen LogP contribution is 2.29. The second-order valence-corrected chi connectivity index (χ2v) is 7.59. The highest BCUT2D eigenvalue weighted by molar-refractivity contribution is 5.85. The Hall–Kier alpha value is -2.78. The second kappa shape index (κ2) is 10.3. The van der Waals surface area contributed by atoms with Crippen molar-refractivity contribution in [3.05, 3.63) is 35.4 Å². The molecule has 1 aromatic rings. The van der Waals surface area contributed by atoms with Crippen LogP contribution >= 0.6 is 0 Å². The maximum absolute atomic E-state index is 12.7. The number of amides is 2. The van der Waals surface area contributed by atoms with E-state index in [4.69, 9.17) is 9.47 Å². The number of likely N-dealkylation sites (N-methyl/N-ethyl adjacent to an activating group) is 1. The number of carbonyl (C=O) groups excluding carboxylic acids is 3. The van der Waals surface area contributed by atoms with Gasteiger partial charge in [0.05, 0.1) is 12.2 Å². The molecule has 0 bridgehead atoms. The van der Waals surface area contributed by atoms with E-state index in [9.17, 15) is 27.6 Å². The number of rotatable bonds is 7. The van der Waals surface area contributed by atoms with E-state index in [0.29, 0.717) is 5.56 Å². The van der Waals surface area contributed by atoms with Crippen LogP contribution in [0.2, 0.25) is 0 Å². The van der Waals surface area contributed by atoms with Crippen molar-refractivity contribution in [1.82, 2.24) is 9.80 Å². The number of hydrogen-bond donors (Lipinski definition) is 0. The number of alkyl halides is 3. The predicted octanol–water partition coefficient (Wildman–Crippen LogP) is 3.46. The molecule has 0 atom stereocenters. The third kappa shape index (κ3) is 8.71. The van der Waals surface area contributed by atoms with E-state index in [1.54, 1.807) is 27.7 Å². The SMILES string of the molecule is CCOC(=O)CN(Cc1ccc(C(F)(F)F)cc1)C(=O)CN(C)C(=O)OC(C)(C)C. The summed E-state index contributed by atoms with van der Waals surface area (Å²) in [6.45, 7) is 5.84. The smallest absolute Gasteiger partial charge is 0.416 e. The lowest BCUT2D eigenvalue weighted by atomic mass is 10.1. The fraction of sp³-hybridized carbons (Fsp3) is 0.550. The molecule has 0 unspecified atom stereocenters. The van der Waals surface area contributed by atoms with E-state index < -0.39 is 41.9 Å². The summed E-state index contributed by atoms with van der Waals surface area (Å²) < 4.78 is 48.2. The summed E-state index contributed by atoms with van der Waals surface area (Å²) in [6, 6.07) is 4.25. The Morgan fingerprint density at radius 3 is 2.03 bits per heavy atom. The van der Waals surface area contributed by atoms with Gasteiger partial charge in [-0.25, -0.2) is 4.79 Å². The van der Waals surface area contributed by atoms with Gasteiger partial charge >= 0.3 is 18.2 Å². The van der Waals surface area contributed by atoms with Gasteiger partial charge in [-0.15, -0.1) is 0 Å². The molecule has 0 aliphatic heterocycles. The van der Waals surface area contributed by atoms with Crippen molar-refractivity contribution in [3.8, 4) is 0 Å². The number of carbonyl (C=O) groups is 3. The molecule has 1 rings (SSSR count). The van der Waals surface area contributed by atoms with E-state index >= 15 is 0 Å². The first kappa shape index (κ1) is 25.3. The number of hydrogen-bond acceptors (Lipinski definition) is 5. The van der Waals surface area contributed by atoms with Gasteiger partial charge in [0.15, 0.2) is 0 Å². The quantitative estimate of drug-likeness (QED) is 0.617. The first-order valence-corrected chi connectivity index (χ1v) is 9.26. The van der Waals surface area contributed by atoms with Crippen molar-refractivity contribution in [2.24, 2.45) is 0 Å². The van der Waals surface area contributed by atoms with Crippen molar-refractivity contribution in [1.29, 1.82) is 0 Å². The minimum atomic E-state index is -4.48. The maximum atomic E-state index is 12.7. The molecule has 0 heterocycles. The van der Waals surface area contributed by atoms with Crippen LogP contribution in [0.25, 0.3) is 0 Å². The highest BCUT2D eigenvalue weighted by atomic mass is 19.4. The van der Waals surface area contributed by atoms with Gasteiger partial charge in [-0.1, -0.05) is 12.1 Å². The fourth-order valence-corrected chi connectivity index (χ4v) is 2.32. The van der Waals surface area contributed by atoms with E-state index in [1.165, 1.54) is 19.2 Å². The van der Waals surface area contributed by atoms with Gasteiger partial charge in [-0.2, -0.15) is 13.2 Å². The van der Waals surface area contributed by atoms with E-state index in [0.717, 1.165) is 21.9 Å². The highest BCUT2D eigenvalue weighted by Gasteiger charge is 2.30. The molecule has 0 saturated heterocycles. The van der Waals surface area contributed by atoms with Crippen molar-refractivity contribution < 1.29 is 37.0 Å². The van der Waals surface area contributed by atoms with Crippen LogP contribution < -0.4 is 0 Å². The zero-order chi connectivity index (χ0) is 23.1. The molecule has 0 aromatic heterocycles. The van der Waals surface area contributed by atoms with Gasteiger partial charge in [-0.05, 0) is 45.4 Å². The molecule has 0 spiro atoms. The van der Waals surface area contributed by atoms with Gasteiger partial charge < -0.3 is 19.3 Å². The fourth-order valence-electron chi connectivity index (χ4n) is 2.32. The van der Waals surface area contributed by atoms with Crippen molar-refractivity contribution in [3.63, 3.8) is 0 Å². The molecule has 0 radical (unpaired) electrons. The standard InChI is InChI=1S/C20H27F3N2O5/c1-6-29-17(27)13-25(11-14-7-9-15(10-8-14)20(21,22)23)16(26)12-24(5)18(28)30-19(2,3)4/h7-10H,6,11-13H2,1-5H3.